The zero-order valence-electron chi connectivity index (χ0n) is 13.8. The second-order valence-electron chi connectivity index (χ2n) is 5.94. The fraction of sp³-hybridized carbons (Fsp3) is 0.500. The molecule has 1 aliphatic rings. The standard InChI is InChI=1S/C16H21N3O4S/c1-3-22-14-6-4-12(5-7-14)16-17-15(23-18-16)10-19(2)13-8-9-24(20,21)11-13/h4-7,13H,3,8-11H2,1-2H3. The van der Waals surface area contributed by atoms with E-state index in [0.717, 1.165) is 11.3 Å². The minimum absolute atomic E-state index is 0.0100. The van der Waals surface area contributed by atoms with Crippen LogP contribution in [0.2, 0.25) is 0 Å². The SMILES string of the molecule is CCOc1ccc(-c2noc(CN(C)C3CCS(=O)(=O)C3)n2)cc1. The van der Waals surface area contributed by atoms with E-state index in [0.29, 0.717) is 31.3 Å². The Morgan fingerprint density at radius 1 is 1.33 bits per heavy atom. The molecule has 24 heavy (non-hydrogen) atoms. The quantitative estimate of drug-likeness (QED) is 0.784. The van der Waals surface area contributed by atoms with Gasteiger partial charge in [0, 0.05) is 11.6 Å². The number of benzene rings is 1. The minimum Gasteiger partial charge on any atom is -0.494 e. The molecule has 1 aromatic carbocycles. The van der Waals surface area contributed by atoms with Crippen molar-refractivity contribution < 1.29 is 17.7 Å². The predicted octanol–water partition coefficient (Wildman–Crippen LogP) is 1.75. The summed E-state index contributed by atoms with van der Waals surface area (Å²) in [5.74, 6) is 2.24. The third-order valence-corrected chi connectivity index (χ3v) is 5.86. The smallest absolute Gasteiger partial charge is 0.241 e. The third-order valence-electron chi connectivity index (χ3n) is 4.11. The van der Waals surface area contributed by atoms with Crippen molar-refractivity contribution in [3.8, 4) is 17.1 Å². The first-order valence-electron chi connectivity index (χ1n) is 7.93. The van der Waals surface area contributed by atoms with E-state index in [-0.39, 0.29) is 17.5 Å². The third kappa shape index (κ3) is 3.93. The highest BCUT2D eigenvalue weighted by molar-refractivity contribution is 7.91. The topological polar surface area (TPSA) is 85.5 Å². The van der Waals surface area contributed by atoms with Crippen molar-refractivity contribution in [2.45, 2.75) is 25.9 Å². The van der Waals surface area contributed by atoms with E-state index in [1.54, 1.807) is 0 Å². The molecule has 130 valence electrons. The zero-order chi connectivity index (χ0) is 17.2. The molecule has 0 saturated carbocycles. The van der Waals surface area contributed by atoms with Crippen LogP contribution >= 0.6 is 0 Å². The van der Waals surface area contributed by atoms with Crippen LogP contribution in [-0.4, -0.2) is 54.7 Å². The lowest BCUT2D eigenvalue weighted by Gasteiger charge is -2.20. The Kier molecular flexibility index (Phi) is 4.86. The van der Waals surface area contributed by atoms with E-state index in [2.05, 4.69) is 10.1 Å². The summed E-state index contributed by atoms with van der Waals surface area (Å²) >= 11 is 0. The minimum atomic E-state index is -2.90. The fourth-order valence-electron chi connectivity index (χ4n) is 2.77. The van der Waals surface area contributed by atoms with Crippen LogP contribution in [0.3, 0.4) is 0 Å². The van der Waals surface area contributed by atoms with Crippen molar-refractivity contribution >= 4 is 9.84 Å². The maximum atomic E-state index is 11.6. The van der Waals surface area contributed by atoms with Gasteiger partial charge in [0.05, 0.1) is 24.7 Å². The van der Waals surface area contributed by atoms with Gasteiger partial charge in [-0.2, -0.15) is 4.98 Å². The van der Waals surface area contributed by atoms with Crippen LogP contribution in [0, 0.1) is 0 Å². The van der Waals surface area contributed by atoms with Crippen LogP contribution in [0.15, 0.2) is 28.8 Å². The second kappa shape index (κ2) is 6.90. The van der Waals surface area contributed by atoms with Gasteiger partial charge in [-0.05, 0) is 44.7 Å². The molecular formula is C16H21N3O4S. The van der Waals surface area contributed by atoms with Gasteiger partial charge in [-0.15, -0.1) is 0 Å². The molecule has 0 bridgehead atoms. The Morgan fingerprint density at radius 3 is 2.71 bits per heavy atom. The van der Waals surface area contributed by atoms with Crippen LogP contribution < -0.4 is 4.74 Å². The first-order chi connectivity index (χ1) is 11.5. The normalized spacial score (nSPS) is 19.7. The molecule has 2 heterocycles. The van der Waals surface area contributed by atoms with Crippen LogP contribution in [0.5, 0.6) is 5.75 Å². The monoisotopic (exact) mass is 351 g/mol. The van der Waals surface area contributed by atoms with Crippen molar-refractivity contribution in [1.29, 1.82) is 0 Å². The molecule has 0 N–H and O–H groups in total. The largest absolute Gasteiger partial charge is 0.494 e. The van der Waals surface area contributed by atoms with E-state index in [1.807, 2.05) is 43.1 Å². The lowest BCUT2D eigenvalue weighted by Crippen LogP contribution is -2.32. The summed E-state index contributed by atoms with van der Waals surface area (Å²) in [5.41, 5.74) is 0.847. The van der Waals surface area contributed by atoms with Gasteiger partial charge in [0.1, 0.15) is 5.75 Å². The summed E-state index contributed by atoms with van der Waals surface area (Å²) in [6, 6.07) is 7.50. The summed E-state index contributed by atoms with van der Waals surface area (Å²) in [6.07, 6.45) is 0.652. The number of sulfone groups is 1. The molecule has 7 nitrogen and oxygen atoms in total. The number of hydrogen-bond acceptors (Lipinski definition) is 7. The number of hydrogen-bond donors (Lipinski definition) is 0. The summed E-state index contributed by atoms with van der Waals surface area (Å²) in [6.45, 7) is 2.99. The van der Waals surface area contributed by atoms with Crippen molar-refractivity contribution in [1.82, 2.24) is 15.0 Å². The number of rotatable bonds is 6. The summed E-state index contributed by atoms with van der Waals surface area (Å²) in [4.78, 5) is 6.35. The molecule has 2 aromatic rings. The van der Waals surface area contributed by atoms with Gasteiger partial charge in [0.2, 0.25) is 11.7 Å². The average Bonchev–Trinajstić information content (AvgIpc) is 3.15. The van der Waals surface area contributed by atoms with Crippen molar-refractivity contribution in [3.63, 3.8) is 0 Å². The van der Waals surface area contributed by atoms with Crippen LogP contribution in [-0.2, 0) is 16.4 Å². The Morgan fingerprint density at radius 2 is 2.08 bits per heavy atom. The van der Waals surface area contributed by atoms with Gasteiger partial charge in [-0.3, -0.25) is 4.90 Å². The molecule has 0 radical (unpaired) electrons. The van der Waals surface area contributed by atoms with Gasteiger partial charge < -0.3 is 9.26 Å². The van der Waals surface area contributed by atoms with Gasteiger partial charge in [0.15, 0.2) is 9.84 Å². The molecule has 1 saturated heterocycles. The van der Waals surface area contributed by atoms with Gasteiger partial charge >= 0.3 is 0 Å². The molecule has 8 heteroatoms. The molecule has 1 fully saturated rings. The lowest BCUT2D eigenvalue weighted by atomic mass is 10.2. The highest BCUT2D eigenvalue weighted by Gasteiger charge is 2.31. The lowest BCUT2D eigenvalue weighted by molar-refractivity contribution is 0.218. The Bertz CT molecular complexity index is 786. The van der Waals surface area contributed by atoms with Gasteiger partial charge in [0.25, 0.3) is 0 Å². The van der Waals surface area contributed by atoms with Crippen LogP contribution in [0.1, 0.15) is 19.2 Å². The highest BCUT2D eigenvalue weighted by atomic mass is 32.2. The molecule has 1 unspecified atom stereocenters. The van der Waals surface area contributed by atoms with Gasteiger partial charge in [-0.25, -0.2) is 8.42 Å². The Hall–Kier alpha value is -1.93. The summed E-state index contributed by atoms with van der Waals surface area (Å²) in [5, 5.41) is 4.00. The molecular weight excluding hydrogens is 330 g/mol. The first kappa shape index (κ1) is 16.9. The van der Waals surface area contributed by atoms with Crippen LogP contribution in [0.4, 0.5) is 0 Å². The van der Waals surface area contributed by atoms with Crippen molar-refractivity contribution in [3.05, 3.63) is 30.2 Å². The molecule has 1 aromatic heterocycles. The Labute approximate surface area is 141 Å². The highest BCUT2D eigenvalue weighted by Crippen LogP contribution is 2.22. The first-order valence-corrected chi connectivity index (χ1v) is 9.75. The second-order valence-corrected chi connectivity index (χ2v) is 8.17. The van der Waals surface area contributed by atoms with E-state index in [1.165, 1.54) is 0 Å². The number of aromatic nitrogens is 2. The molecule has 1 aliphatic heterocycles. The Balaban J connectivity index is 1.65. The molecule has 3 rings (SSSR count). The van der Waals surface area contributed by atoms with E-state index < -0.39 is 9.84 Å². The predicted molar refractivity (Wildman–Crippen MR) is 89.4 cm³/mol. The number of ether oxygens (including phenoxy) is 1. The van der Waals surface area contributed by atoms with Gasteiger partial charge in [-0.1, -0.05) is 5.16 Å². The molecule has 0 amide bonds. The maximum Gasteiger partial charge on any atom is 0.241 e. The maximum absolute atomic E-state index is 11.6. The van der Waals surface area contributed by atoms with Crippen LogP contribution in [0.25, 0.3) is 11.4 Å². The fourth-order valence-corrected chi connectivity index (χ4v) is 4.57. The summed E-state index contributed by atoms with van der Waals surface area (Å²) < 4.78 is 33.8. The van der Waals surface area contributed by atoms with E-state index in [4.69, 9.17) is 9.26 Å². The summed E-state index contributed by atoms with van der Waals surface area (Å²) in [7, 11) is -1.02. The molecule has 0 aliphatic carbocycles. The van der Waals surface area contributed by atoms with E-state index >= 15 is 0 Å². The average molecular weight is 351 g/mol. The molecule has 0 spiro atoms. The van der Waals surface area contributed by atoms with Crippen molar-refractivity contribution in [2.24, 2.45) is 0 Å². The number of nitrogens with zero attached hydrogens (tertiary/aromatic N) is 3. The van der Waals surface area contributed by atoms with E-state index in [9.17, 15) is 8.42 Å². The van der Waals surface area contributed by atoms with Crippen molar-refractivity contribution in [2.75, 3.05) is 25.2 Å². The zero-order valence-corrected chi connectivity index (χ0v) is 14.6. The molecule has 1 atom stereocenters.